The van der Waals surface area contributed by atoms with Gasteiger partial charge < -0.3 is 13.9 Å². The van der Waals surface area contributed by atoms with Gasteiger partial charge in [-0.2, -0.15) is 4.37 Å². The Kier molecular flexibility index (Phi) is 6.47. The first kappa shape index (κ1) is 26.0. The van der Waals surface area contributed by atoms with Crippen molar-refractivity contribution in [2.45, 2.75) is 26.4 Å². The monoisotopic (exact) mass is 576 g/mol. The number of nitrogens with zero attached hydrogens (tertiary/aromatic N) is 6. The third-order valence-electron chi connectivity index (χ3n) is 7.50. The first-order valence-electron chi connectivity index (χ1n) is 13.6. The van der Waals surface area contributed by atoms with E-state index in [1.165, 1.54) is 36.0 Å². The summed E-state index contributed by atoms with van der Waals surface area (Å²) < 4.78 is 26.4. The van der Waals surface area contributed by atoms with E-state index in [1.54, 1.807) is 4.90 Å². The van der Waals surface area contributed by atoms with Gasteiger partial charge in [0.2, 0.25) is 0 Å². The van der Waals surface area contributed by atoms with Crippen LogP contribution in [0.1, 0.15) is 46.0 Å². The molecule has 208 valence electrons. The molecule has 0 fully saturated rings. The van der Waals surface area contributed by atoms with Gasteiger partial charge in [-0.3, -0.25) is 4.79 Å². The zero-order chi connectivity index (χ0) is 28.8. The Balaban J connectivity index is 1.39. The summed E-state index contributed by atoms with van der Waals surface area (Å²) in [7, 11) is 0. The van der Waals surface area contributed by atoms with Crippen molar-refractivity contribution >= 4 is 39.9 Å². The number of hydrogen-bond acceptors (Lipinski definition) is 7. The Morgan fingerprint density at radius 2 is 1.69 bits per heavy atom. The second-order valence-electron chi connectivity index (χ2n) is 10.1. The fourth-order valence-electron chi connectivity index (χ4n) is 5.50. The van der Waals surface area contributed by atoms with Gasteiger partial charge in [0.15, 0.2) is 16.6 Å². The summed E-state index contributed by atoms with van der Waals surface area (Å²) in [6, 6.07) is 23.9. The molecule has 1 aliphatic rings. The molecule has 3 aromatic heterocycles. The highest BCUT2D eigenvalue weighted by Gasteiger charge is 2.35. The second kappa shape index (κ2) is 10.5. The van der Waals surface area contributed by atoms with Crippen LogP contribution in [0.25, 0.3) is 21.8 Å². The molecule has 10 heteroatoms. The largest absolute Gasteiger partial charge is 0.463 e. The molecule has 3 aromatic carbocycles. The Bertz CT molecular complexity index is 1920. The van der Waals surface area contributed by atoms with Gasteiger partial charge in [-0.25, -0.2) is 19.4 Å². The van der Waals surface area contributed by atoms with Crippen molar-refractivity contribution in [1.29, 1.82) is 0 Å². The number of fused-ring (bicyclic) bond motifs is 2. The fourth-order valence-corrected chi connectivity index (χ4v) is 6.17. The van der Waals surface area contributed by atoms with Gasteiger partial charge in [0.1, 0.15) is 17.2 Å². The molecule has 0 saturated heterocycles. The summed E-state index contributed by atoms with van der Waals surface area (Å²) in [6.07, 6.45) is 1.40. The lowest BCUT2D eigenvalue weighted by Gasteiger charge is -2.35. The van der Waals surface area contributed by atoms with Crippen LogP contribution in [0.4, 0.5) is 10.2 Å². The minimum Gasteiger partial charge on any atom is -0.463 e. The fraction of sp³-hybridized carbons (Fsp3) is 0.156. The summed E-state index contributed by atoms with van der Waals surface area (Å²) in [5, 5.41) is 0.976. The molecule has 0 aliphatic carbocycles. The SMILES string of the molecule is Cc1nsc(-c2nc(N=C(c3ccccc3)c3ccccc3)c3n2CCN(C(=O)c2ccc(F)c4ccoc24)C3C)n1. The number of aryl methyl sites for hydroxylation is 1. The van der Waals surface area contributed by atoms with E-state index in [-0.39, 0.29) is 16.9 Å². The molecular formula is C32H25FN6O2S. The molecule has 0 radical (unpaired) electrons. The molecule has 7 rings (SSSR count). The van der Waals surface area contributed by atoms with Crippen molar-refractivity contribution in [3.63, 3.8) is 0 Å². The normalized spacial score (nSPS) is 14.6. The predicted molar refractivity (Wildman–Crippen MR) is 160 cm³/mol. The lowest BCUT2D eigenvalue weighted by Crippen LogP contribution is -2.41. The highest BCUT2D eigenvalue weighted by molar-refractivity contribution is 7.09. The molecule has 4 heterocycles. The molecule has 1 atom stereocenters. The zero-order valence-electron chi connectivity index (χ0n) is 22.9. The number of aromatic nitrogens is 4. The standard InChI is InChI=1S/C32H25FN6O2S/c1-19-27-29(35-26(21-9-5-3-6-10-21)22-11-7-4-8-12-22)36-30(31-34-20(2)37-42-31)39(27)17-16-38(19)32(40)24-13-14-25(33)23-15-18-41-28(23)24/h3-15,18-19H,16-17H2,1-2H3. The Hall–Kier alpha value is -4.96. The van der Waals surface area contributed by atoms with Gasteiger partial charge in [-0.15, -0.1) is 0 Å². The third-order valence-corrected chi connectivity index (χ3v) is 8.30. The average Bonchev–Trinajstić information content (AvgIpc) is 3.76. The lowest BCUT2D eigenvalue weighted by molar-refractivity contribution is 0.0646. The van der Waals surface area contributed by atoms with Gasteiger partial charge in [0, 0.05) is 24.2 Å². The molecule has 1 amide bonds. The molecular weight excluding hydrogens is 551 g/mol. The van der Waals surface area contributed by atoms with E-state index in [9.17, 15) is 9.18 Å². The molecule has 0 bridgehead atoms. The topological polar surface area (TPSA) is 89.4 Å². The number of aliphatic imine (C=N–C) groups is 1. The summed E-state index contributed by atoms with van der Waals surface area (Å²) in [5.74, 6) is 1.18. The first-order valence-corrected chi connectivity index (χ1v) is 14.3. The number of furan rings is 1. The quantitative estimate of drug-likeness (QED) is 0.207. The van der Waals surface area contributed by atoms with E-state index in [0.29, 0.717) is 41.1 Å². The van der Waals surface area contributed by atoms with Gasteiger partial charge in [-0.1, -0.05) is 60.7 Å². The van der Waals surface area contributed by atoms with Crippen molar-refractivity contribution < 1.29 is 13.6 Å². The smallest absolute Gasteiger partial charge is 0.258 e. The van der Waals surface area contributed by atoms with Crippen molar-refractivity contribution in [1.82, 2.24) is 23.8 Å². The van der Waals surface area contributed by atoms with Crippen molar-refractivity contribution in [2.75, 3.05) is 6.54 Å². The van der Waals surface area contributed by atoms with Crippen LogP contribution in [0.2, 0.25) is 0 Å². The van der Waals surface area contributed by atoms with Crippen LogP contribution >= 0.6 is 11.5 Å². The second-order valence-corrected chi connectivity index (χ2v) is 10.8. The van der Waals surface area contributed by atoms with Crippen LogP contribution in [0.15, 0.2) is 94.5 Å². The van der Waals surface area contributed by atoms with Crippen molar-refractivity contribution in [2.24, 2.45) is 4.99 Å². The lowest BCUT2D eigenvalue weighted by atomic mass is 10.0. The number of amides is 1. The summed E-state index contributed by atoms with van der Waals surface area (Å²) >= 11 is 1.29. The van der Waals surface area contributed by atoms with Gasteiger partial charge >= 0.3 is 0 Å². The maximum Gasteiger partial charge on any atom is 0.258 e. The summed E-state index contributed by atoms with van der Waals surface area (Å²) in [6.45, 7) is 4.72. The number of rotatable bonds is 5. The van der Waals surface area contributed by atoms with E-state index in [4.69, 9.17) is 14.4 Å². The predicted octanol–water partition coefficient (Wildman–Crippen LogP) is 6.98. The van der Waals surface area contributed by atoms with Crippen LogP contribution < -0.4 is 0 Å². The minimum absolute atomic E-state index is 0.241. The van der Waals surface area contributed by atoms with Crippen LogP contribution in [-0.2, 0) is 6.54 Å². The molecule has 0 spiro atoms. The number of carbonyl (C=O) groups excluding carboxylic acids is 1. The van der Waals surface area contributed by atoms with Gasteiger partial charge in [-0.05, 0) is 43.6 Å². The van der Waals surface area contributed by atoms with Crippen molar-refractivity contribution in [3.8, 4) is 10.8 Å². The van der Waals surface area contributed by atoms with Gasteiger partial charge in [0.05, 0.1) is 34.7 Å². The number of carbonyl (C=O) groups is 1. The number of imidazole rings is 1. The van der Waals surface area contributed by atoms with E-state index in [1.807, 2.05) is 74.5 Å². The van der Waals surface area contributed by atoms with E-state index in [0.717, 1.165) is 22.5 Å². The van der Waals surface area contributed by atoms with Crippen LogP contribution in [-0.4, -0.2) is 42.0 Å². The molecule has 42 heavy (non-hydrogen) atoms. The van der Waals surface area contributed by atoms with E-state index >= 15 is 0 Å². The number of halogens is 1. The highest BCUT2D eigenvalue weighted by atomic mass is 32.1. The minimum atomic E-state index is -0.428. The molecule has 0 N–H and O–H groups in total. The molecule has 6 aromatic rings. The Morgan fingerprint density at radius 3 is 2.36 bits per heavy atom. The molecule has 8 nitrogen and oxygen atoms in total. The van der Waals surface area contributed by atoms with E-state index < -0.39 is 11.9 Å². The number of hydrogen-bond donors (Lipinski definition) is 0. The van der Waals surface area contributed by atoms with Crippen molar-refractivity contribution in [3.05, 3.63) is 119 Å². The first-order chi connectivity index (χ1) is 20.5. The Morgan fingerprint density at radius 1 is 0.976 bits per heavy atom. The molecule has 1 unspecified atom stereocenters. The zero-order valence-corrected chi connectivity index (χ0v) is 23.7. The average molecular weight is 577 g/mol. The summed E-state index contributed by atoms with van der Waals surface area (Å²) in [4.78, 5) is 30.5. The maximum absolute atomic E-state index is 14.4. The van der Waals surface area contributed by atoms with E-state index in [2.05, 4.69) is 13.9 Å². The van der Waals surface area contributed by atoms with Crippen LogP contribution in [0, 0.1) is 12.7 Å². The maximum atomic E-state index is 14.4. The van der Waals surface area contributed by atoms with Crippen LogP contribution in [0.3, 0.4) is 0 Å². The Labute approximate surface area is 245 Å². The summed E-state index contributed by atoms with van der Waals surface area (Å²) in [5.41, 5.74) is 4.01. The number of benzene rings is 3. The van der Waals surface area contributed by atoms with Crippen LogP contribution in [0.5, 0.6) is 0 Å². The molecule has 0 saturated carbocycles. The molecule has 1 aliphatic heterocycles. The third kappa shape index (κ3) is 4.40. The highest BCUT2D eigenvalue weighted by Crippen LogP contribution is 2.39. The van der Waals surface area contributed by atoms with Gasteiger partial charge in [0.25, 0.3) is 5.91 Å².